The second-order valence-corrected chi connectivity index (χ2v) is 4.48. The molecule has 3 nitrogen and oxygen atoms in total. The molecule has 0 unspecified atom stereocenters. The van der Waals surface area contributed by atoms with Crippen molar-refractivity contribution in [2.24, 2.45) is 5.73 Å². The molecule has 0 aliphatic carbocycles. The highest BCUT2D eigenvalue weighted by molar-refractivity contribution is 5.86. The molecule has 0 aliphatic rings. The number of hydrogen-bond donors (Lipinski definition) is 1. The van der Waals surface area contributed by atoms with Crippen molar-refractivity contribution in [1.29, 1.82) is 0 Å². The number of aryl methyl sites for hydroxylation is 1. The Balaban J connectivity index is 2.12. The van der Waals surface area contributed by atoms with E-state index in [0.29, 0.717) is 6.61 Å². The van der Waals surface area contributed by atoms with Crippen LogP contribution in [0.3, 0.4) is 0 Å². The lowest BCUT2D eigenvalue weighted by Crippen LogP contribution is -2.00. The van der Waals surface area contributed by atoms with Gasteiger partial charge in [0.25, 0.3) is 0 Å². The van der Waals surface area contributed by atoms with E-state index in [9.17, 15) is 0 Å². The summed E-state index contributed by atoms with van der Waals surface area (Å²) in [4.78, 5) is 0. The van der Waals surface area contributed by atoms with Crippen molar-refractivity contribution in [3.05, 3.63) is 30.5 Å². The molecular formula is C15H22N2O. The summed E-state index contributed by atoms with van der Waals surface area (Å²) in [6.45, 7) is 4.57. The van der Waals surface area contributed by atoms with Gasteiger partial charge in [0, 0.05) is 18.1 Å². The van der Waals surface area contributed by atoms with Gasteiger partial charge in [-0.15, -0.1) is 0 Å². The van der Waals surface area contributed by atoms with E-state index in [-0.39, 0.29) is 0 Å². The van der Waals surface area contributed by atoms with Crippen molar-refractivity contribution in [2.45, 2.75) is 32.7 Å². The predicted molar refractivity (Wildman–Crippen MR) is 76.0 cm³/mol. The number of benzene rings is 1. The van der Waals surface area contributed by atoms with Gasteiger partial charge in [-0.2, -0.15) is 0 Å². The summed E-state index contributed by atoms with van der Waals surface area (Å²) in [5, 5.41) is 1.21. The van der Waals surface area contributed by atoms with Crippen LogP contribution >= 0.6 is 0 Å². The van der Waals surface area contributed by atoms with Gasteiger partial charge in [0.2, 0.25) is 0 Å². The minimum Gasteiger partial charge on any atom is -0.493 e. The zero-order chi connectivity index (χ0) is 12.8. The van der Waals surface area contributed by atoms with E-state index in [4.69, 9.17) is 10.5 Å². The highest BCUT2D eigenvalue weighted by atomic mass is 16.5. The Bertz CT molecular complexity index is 490. The molecule has 0 amide bonds. The van der Waals surface area contributed by atoms with Crippen molar-refractivity contribution in [1.82, 2.24) is 4.57 Å². The molecule has 1 aromatic heterocycles. The van der Waals surface area contributed by atoms with E-state index < -0.39 is 0 Å². The Morgan fingerprint density at radius 2 is 2.06 bits per heavy atom. The first-order valence-electron chi connectivity index (χ1n) is 6.77. The fraction of sp³-hybridized carbons (Fsp3) is 0.467. The summed E-state index contributed by atoms with van der Waals surface area (Å²) in [6.07, 6.45) is 5.64. The normalized spacial score (nSPS) is 11.0. The lowest BCUT2D eigenvalue weighted by molar-refractivity contribution is 0.344. The minimum absolute atomic E-state index is 0.709. The number of nitrogens with two attached hydrogens (primary N) is 1. The standard InChI is InChI=1S/C15H22N2O/c1-2-18-15-8-6-7-14-13(15)9-12-17(14)11-5-3-4-10-16/h6-9,12H,2-5,10-11,16H2,1H3. The van der Waals surface area contributed by atoms with Gasteiger partial charge in [-0.25, -0.2) is 0 Å². The molecule has 18 heavy (non-hydrogen) atoms. The van der Waals surface area contributed by atoms with Gasteiger partial charge >= 0.3 is 0 Å². The molecule has 98 valence electrons. The third kappa shape index (κ3) is 2.85. The zero-order valence-electron chi connectivity index (χ0n) is 11.1. The summed E-state index contributed by atoms with van der Waals surface area (Å²) in [5.41, 5.74) is 6.77. The maximum absolute atomic E-state index is 5.65. The molecule has 1 aromatic carbocycles. The molecule has 0 radical (unpaired) electrons. The third-order valence-corrected chi connectivity index (χ3v) is 3.18. The zero-order valence-corrected chi connectivity index (χ0v) is 11.1. The molecule has 2 rings (SSSR count). The van der Waals surface area contributed by atoms with Crippen LogP contribution in [0.1, 0.15) is 26.2 Å². The molecule has 0 atom stereocenters. The molecule has 0 saturated carbocycles. The predicted octanol–water partition coefficient (Wildman–Crippen LogP) is 3.17. The first kappa shape index (κ1) is 13.0. The first-order valence-corrected chi connectivity index (χ1v) is 6.77. The number of ether oxygens (including phenoxy) is 1. The molecule has 0 saturated heterocycles. The number of aromatic nitrogens is 1. The summed E-state index contributed by atoms with van der Waals surface area (Å²) in [7, 11) is 0. The van der Waals surface area contributed by atoms with Crippen LogP contribution in [0.25, 0.3) is 10.9 Å². The van der Waals surface area contributed by atoms with Gasteiger partial charge < -0.3 is 15.0 Å². The van der Waals surface area contributed by atoms with Gasteiger partial charge in [-0.05, 0) is 44.5 Å². The molecule has 1 heterocycles. The number of rotatable bonds is 7. The second-order valence-electron chi connectivity index (χ2n) is 4.48. The summed E-state index contributed by atoms with van der Waals surface area (Å²) < 4.78 is 7.95. The van der Waals surface area contributed by atoms with E-state index in [1.165, 1.54) is 23.7 Å². The van der Waals surface area contributed by atoms with Crippen LogP contribution in [-0.2, 0) is 6.54 Å². The van der Waals surface area contributed by atoms with Crippen LogP contribution in [-0.4, -0.2) is 17.7 Å². The molecule has 2 N–H and O–H groups in total. The van der Waals surface area contributed by atoms with Crippen molar-refractivity contribution in [2.75, 3.05) is 13.2 Å². The maximum Gasteiger partial charge on any atom is 0.128 e. The molecular weight excluding hydrogens is 224 g/mol. The number of unbranched alkanes of at least 4 members (excludes halogenated alkanes) is 2. The lowest BCUT2D eigenvalue weighted by atomic mass is 10.2. The average Bonchev–Trinajstić information content (AvgIpc) is 2.80. The van der Waals surface area contributed by atoms with Crippen LogP contribution in [0.15, 0.2) is 30.5 Å². The molecule has 0 fully saturated rings. The number of fused-ring (bicyclic) bond motifs is 1. The molecule has 3 heteroatoms. The molecule has 0 bridgehead atoms. The van der Waals surface area contributed by atoms with E-state index in [0.717, 1.165) is 25.3 Å². The maximum atomic E-state index is 5.65. The van der Waals surface area contributed by atoms with Gasteiger partial charge in [-0.3, -0.25) is 0 Å². The van der Waals surface area contributed by atoms with E-state index in [1.54, 1.807) is 0 Å². The Hall–Kier alpha value is -1.48. The van der Waals surface area contributed by atoms with Crippen LogP contribution in [0.2, 0.25) is 0 Å². The van der Waals surface area contributed by atoms with E-state index in [2.05, 4.69) is 29.0 Å². The lowest BCUT2D eigenvalue weighted by Gasteiger charge is -2.07. The van der Waals surface area contributed by atoms with Crippen LogP contribution in [0.5, 0.6) is 5.75 Å². The molecule has 0 spiro atoms. The highest BCUT2D eigenvalue weighted by Gasteiger charge is 2.05. The third-order valence-electron chi connectivity index (χ3n) is 3.18. The fourth-order valence-corrected chi connectivity index (χ4v) is 2.27. The van der Waals surface area contributed by atoms with Gasteiger partial charge in [0.1, 0.15) is 5.75 Å². The van der Waals surface area contributed by atoms with Crippen LogP contribution < -0.4 is 10.5 Å². The van der Waals surface area contributed by atoms with Crippen molar-refractivity contribution < 1.29 is 4.74 Å². The summed E-state index contributed by atoms with van der Waals surface area (Å²) in [6, 6.07) is 8.39. The molecule has 0 aliphatic heterocycles. The minimum atomic E-state index is 0.709. The highest BCUT2D eigenvalue weighted by Crippen LogP contribution is 2.26. The Morgan fingerprint density at radius 3 is 2.83 bits per heavy atom. The smallest absolute Gasteiger partial charge is 0.128 e. The van der Waals surface area contributed by atoms with Crippen molar-refractivity contribution in [3.63, 3.8) is 0 Å². The number of hydrogen-bond acceptors (Lipinski definition) is 2. The number of nitrogens with zero attached hydrogens (tertiary/aromatic N) is 1. The fourth-order valence-electron chi connectivity index (χ4n) is 2.27. The Morgan fingerprint density at radius 1 is 1.17 bits per heavy atom. The summed E-state index contributed by atoms with van der Waals surface area (Å²) in [5.74, 6) is 0.982. The first-order chi connectivity index (χ1) is 8.86. The Kier molecular flexibility index (Phi) is 4.65. The van der Waals surface area contributed by atoms with Gasteiger partial charge in [0.15, 0.2) is 0 Å². The van der Waals surface area contributed by atoms with Gasteiger partial charge in [0.05, 0.1) is 12.1 Å². The monoisotopic (exact) mass is 246 g/mol. The second kappa shape index (κ2) is 6.45. The van der Waals surface area contributed by atoms with Crippen molar-refractivity contribution >= 4 is 10.9 Å². The summed E-state index contributed by atoms with van der Waals surface area (Å²) >= 11 is 0. The molecule has 2 aromatic rings. The topological polar surface area (TPSA) is 40.2 Å². The van der Waals surface area contributed by atoms with E-state index >= 15 is 0 Å². The van der Waals surface area contributed by atoms with Crippen LogP contribution in [0.4, 0.5) is 0 Å². The quantitative estimate of drug-likeness (QED) is 0.762. The van der Waals surface area contributed by atoms with Gasteiger partial charge in [-0.1, -0.05) is 12.5 Å². The largest absolute Gasteiger partial charge is 0.493 e. The van der Waals surface area contributed by atoms with E-state index in [1.807, 2.05) is 13.0 Å². The SMILES string of the molecule is CCOc1cccc2c1ccn2CCCCCN. The average molecular weight is 246 g/mol. The Labute approximate surface area is 109 Å². The van der Waals surface area contributed by atoms with Crippen molar-refractivity contribution in [3.8, 4) is 5.75 Å². The van der Waals surface area contributed by atoms with Crippen LogP contribution in [0, 0.1) is 0 Å².